The van der Waals surface area contributed by atoms with Gasteiger partial charge in [0.2, 0.25) is 11.7 Å². The molecule has 2 heterocycles. The summed E-state index contributed by atoms with van der Waals surface area (Å²) in [5.41, 5.74) is 7.60. The fourth-order valence-corrected chi connectivity index (χ4v) is 1.62. The number of hydrogen-bond donors (Lipinski definition) is 1. The third kappa shape index (κ3) is 2.39. The van der Waals surface area contributed by atoms with Gasteiger partial charge in [0, 0.05) is 12.6 Å². The number of aryl methyl sites for hydroxylation is 1. The van der Waals surface area contributed by atoms with Crippen LogP contribution in [0.1, 0.15) is 30.8 Å². The fourth-order valence-electron chi connectivity index (χ4n) is 1.62. The Balaban J connectivity index is 2.32. The SMILES string of the molecule is C#CCC(N)c1nc(-c2ncccc2CC)no1. The molecule has 92 valence electrons. The summed E-state index contributed by atoms with van der Waals surface area (Å²) in [6, 6.07) is 3.44. The van der Waals surface area contributed by atoms with Crippen molar-refractivity contribution in [3.63, 3.8) is 0 Å². The van der Waals surface area contributed by atoms with Crippen LogP contribution in [0.3, 0.4) is 0 Å². The molecule has 0 aliphatic heterocycles. The Kier molecular flexibility index (Phi) is 3.70. The molecule has 0 bridgehead atoms. The van der Waals surface area contributed by atoms with Crippen molar-refractivity contribution in [1.29, 1.82) is 0 Å². The molecule has 0 saturated heterocycles. The van der Waals surface area contributed by atoms with Gasteiger partial charge in [-0.1, -0.05) is 18.1 Å². The molecule has 2 aromatic rings. The van der Waals surface area contributed by atoms with E-state index in [0.717, 1.165) is 17.7 Å². The van der Waals surface area contributed by atoms with Gasteiger partial charge in [-0.15, -0.1) is 12.3 Å². The number of nitrogens with zero attached hydrogens (tertiary/aromatic N) is 3. The zero-order valence-electron chi connectivity index (χ0n) is 10.1. The van der Waals surface area contributed by atoms with Crippen molar-refractivity contribution in [1.82, 2.24) is 15.1 Å². The Morgan fingerprint density at radius 3 is 3.11 bits per heavy atom. The van der Waals surface area contributed by atoms with Crippen LogP contribution >= 0.6 is 0 Å². The Hall–Kier alpha value is -2.19. The second kappa shape index (κ2) is 5.43. The second-order valence-corrected chi connectivity index (χ2v) is 3.84. The number of rotatable bonds is 4. The Morgan fingerprint density at radius 1 is 1.56 bits per heavy atom. The van der Waals surface area contributed by atoms with E-state index in [2.05, 4.69) is 21.0 Å². The average Bonchev–Trinajstić information content (AvgIpc) is 2.88. The lowest BCUT2D eigenvalue weighted by atomic mass is 10.1. The van der Waals surface area contributed by atoms with Crippen molar-refractivity contribution in [3.05, 3.63) is 29.8 Å². The Bertz CT molecular complexity index is 570. The van der Waals surface area contributed by atoms with Crippen LogP contribution in [0.15, 0.2) is 22.9 Å². The first-order valence-corrected chi connectivity index (χ1v) is 5.73. The lowest BCUT2D eigenvalue weighted by Crippen LogP contribution is -2.09. The number of terminal acetylenes is 1. The van der Waals surface area contributed by atoms with Crippen LogP contribution in [0.25, 0.3) is 11.5 Å². The summed E-state index contributed by atoms with van der Waals surface area (Å²) < 4.78 is 5.11. The highest BCUT2D eigenvalue weighted by Gasteiger charge is 2.16. The highest BCUT2D eigenvalue weighted by Crippen LogP contribution is 2.20. The van der Waals surface area contributed by atoms with E-state index in [1.165, 1.54) is 0 Å². The van der Waals surface area contributed by atoms with Crippen LogP contribution in [0.5, 0.6) is 0 Å². The van der Waals surface area contributed by atoms with Crippen LogP contribution in [-0.4, -0.2) is 15.1 Å². The molecule has 0 amide bonds. The maximum absolute atomic E-state index is 5.81. The van der Waals surface area contributed by atoms with E-state index in [1.807, 2.05) is 19.1 Å². The molecular formula is C13H14N4O. The first-order valence-electron chi connectivity index (χ1n) is 5.73. The van der Waals surface area contributed by atoms with E-state index < -0.39 is 6.04 Å². The summed E-state index contributed by atoms with van der Waals surface area (Å²) >= 11 is 0. The van der Waals surface area contributed by atoms with Crippen LogP contribution in [0.4, 0.5) is 0 Å². The molecule has 18 heavy (non-hydrogen) atoms. The van der Waals surface area contributed by atoms with Crippen molar-refractivity contribution in [3.8, 4) is 23.9 Å². The molecule has 0 radical (unpaired) electrons. The minimum Gasteiger partial charge on any atom is -0.337 e. The second-order valence-electron chi connectivity index (χ2n) is 3.84. The lowest BCUT2D eigenvalue weighted by molar-refractivity contribution is 0.356. The first-order chi connectivity index (χ1) is 8.76. The number of hydrogen-bond acceptors (Lipinski definition) is 5. The van der Waals surface area contributed by atoms with E-state index in [0.29, 0.717) is 18.1 Å². The molecular weight excluding hydrogens is 228 g/mol. The summed E-state index contributed by atoms with van der Waals surface area (Å²) in [6.45, 7) is 2.05. The topological polar surface area (TPSA) is 77.8 Å². The Morgan fingerprint density at radius 2 is 2.39 bits per heavy atom. The van der Waals surface area contributed by atoms with Crippen molar-refractivity contribution in [2.24, 2.45) is 5.73 Å². The van der Waals surface area contributed by atoms with Crippen LogP contribution in [-0.2, 0) is 6.42 Å². The van der Waals surface area contributed by atoms with Crippen LogP contribution < -0.4 is 5.73 Å². The van der Waals surface area contributed by atoms with Gasteiger partial charge in [-0.3, -0.25) is 4.98 Å². The predicted molar refractivity (Wildman–Crippen MR) is 67.3 cm³/mol. The molecule has 0 spiro atoms. The first kappa shape index (κ1) is 12.3. The maximum atomic E-state index is 5.81. The number of aromatic nitrogens is 3. The van der Waals surface area contributed by atoms with Gasteiger partial charge < -0.3 is 10.3 Å². The zero-order chi connectivity index (χ0) is 13.0. The largest absolute Gasteiger partial charge is 0.337 e. The van der Waals surface area contributed by atoms with Gasteiger partial charge in [0.15, 0.2) is 0 Å². The van der Waals surface area contributed by atoms with Gasteiger partial charge in [0.05, 0.1) is 6.04 Å². The zero-order valence-corrected chi connectivity index (χ0v) is 10.1. The molecule has 0 aliphatic rings. The van der Waals surface area contributed by atoms with Gasteiger partial charge in [-0.05, 0) is 18.1 Å². The maximum Gasteiger partial charge on any atom is 0.244 e. The molecule has 0 saturated carbocycles. The molecule has 2 N–H and O–H groups in total. The lowest BCUT2D eigenvalue weighted by Gasteiger charge is -2.01. The molecule has 0 fully saturated rings. The third-order valence-electron chi connectivity index (χ3n) is 2.58. The van der Waals surface area contributed by atoms with E-state index in [-0.39, 0.29) is 0 Å². The average molecular weight is 242 g/mol. The molecule has 1 atom stereocenters. The molecule has 1 unspecified atom stereocenters. The monoisotopic (exact) mass is 242 g/mol. The van der Waals surface area contributed by atoms with Gasteiger partial charge >= 0.3 is 0 Å². The van der Waals surface area contributed by atoms with E-state index in [9.17, 15) is 0 Å². The standard InChI is InChI=1S/C13H14N4O/c1-3-6-10(14)13-16-12(17-18-13)11-9(4-2)7-5-8-15-11/h1,5,7-8,10H,4,6,14H2,2H3. The molecule has 2 rings (SSSR count). The van der Waals surface area contributed by atoms with E-state index in [4.69, 9.17) is 16.7 Å². The van der Waals surface area contributed by atoms with E-state index >= 15 is 0 Å². The summed E-state index contributed by atoms with van der Waals surface area (Å²) in [5.74, 6) is 3.27. The molecule has 5 nitrogen and oxygen atoms in total. The molecule has 5 heteroatoms. The normalized spacial score (nSPS) is 12.1. The van der Waals surface area contributed by atoms with Gasteiger partial charge in [-0.25, -0.2) is 0 Å². The van der Waals surface area contributed by atoms with Crippen LogP contribution in [0.2, 0.25) is 0 Å². The summed E-state index contributed by atoms with van der Waals surface area (Å²) in [7, 11) is 0. The van der Waals surface area contributed by atoms with E-state index in [1.54, 1.807) is 6.20 Å². The molecule has 2 aromatic heterocycles. The molecule has 0 aliphatic carbocycles. The number of nitrogens with two attached hydrogens (primary N) is 1. The smallest absolute Gasteiger partial charge is 0.244 e. The van der Waals surface area contributed by atoms with Gasteiger partial charge in [0.1, 0.15) is 5.69 Å². The third-order valence-corrected chi connectivity index (χ3v) is 2.58. The van der Waals surface area contributed by atoms with Crippen molar-refractivity contribution >= 4 is 0 Å². The van der Waals surface area contributed by atoms with Crippen molar-refractivity contribution < 1.29 is 4.52 Å². The van der Waals surface area contributed by atoms with Gasteiger partial charge in [0.25, 0.3) is 0 Å². The minimum absolute atomic E-state index is 0.343. The molecule has 0 aromatic carbocycles. The number of pyridine rings is 1. The predicted octanol–water partition coefficient (Wildman–Crippen LogP) is 1.72. The summed E-state index contributed by atoms with van der Waals surface area (Å²) in [4.78, 5) is 8.52. The minimum atomic E-state index is -0.426. The van der Waals surface area contributed by atoms with Crippen LogP contribution in [0, 0.1) is 12.3 Å². The summed E-state index contributed by atoms with van der Waals surface area (Å²) in [5, 5.41) is 3.90. The summed E-state index contributed by atoms with van der Waals surface area (Å²) in [6.07, 6.45) is 8.11. The highest BCUT2D eigenvalue weighted by molar-refractivity contribution is 5.53. The van der Waals surface area contributed by atoms with Crippen molar-refractivity contribution in [2.45, 2.75) is 25.8 Å². The van der Waals surface area contributed by atoms with Gasteiger partial charge in [-0.2, -0.15) is 4.98 Å². The highest BCUT2D eigenvalue weighted by atomic mass is 16.5. The Labute approximate surface area is 105 Å². The fraction of sp³-hybridized carbons (Fsp3) is 0.308. The van der Waals surface area contributed by atoms with Crippen molar-refractivity contribution in [2.75, 3.05) is 0 Å². The quantitative estimate of drug-likeness (QED) is 0.826.